The molecule has 0 N–H and O–H groups in total. The number of benzene rings is 2. The van der Waals surface area contributed by atoms with Crippen LogP contribution in [0.4, 0.5) is 11.4 Å². The first-order chi connectivity index (χ1) is 8.93. The van der Waals surface area contributed by atoms with E-state index in [4.69, 9.17) is 0 Å². The lowest BCUT2D eigenvalue weighted by Gasteiger charge is -1.99. The van der Waals surface area contributed by atoms with Gasteiger partial charge in [0, 0.05) is 11.6 Å². The van der Waals surface area contributed by atoms with Gasteiger partial charge in [-0.05, 0) is 36.4 Å². The molecule has 86 valence electrons. The van der Waals surface area contributed by atoms with Gasteiger partial charge < -0.3 is 0 Å². The van der Waals surface area contributed by atoms with Crippen molar-refractivity contribution in [1.82, 2.24) is 4.98 Å². The summed E-state index contributed by atoms with van der Waals surface area (Å²) >= 11 is 0. The summed E-state index contributed by atoms with van der Waals surface area (Å²) in [5, 5.41) is 9.53. The van der Waals surface area contributed by atoms with Crippen LogP contribution in [0.15, 0.2) is 77.1 Å². The number of rotatable bonds is 2. The van der Waals surface area contributed by atoms with Gasteiger partial charge in [0.2, 0.25) is 0 Å². The predicted octanol–water partition coefficient (Wildman–Crippen LogP) is 4.65. The summed E-state index contributed by atoms with van der Waals surface area (Å²) in [6.07, 6.45) is 1.78. The van der Waals surface area contributed by atoms with Crippen LogP contribution in [-0.4, -0.2) is 4.98 Å². The van der Waals surface area contributed by atoms with E-state index in [0.29, 0.717) is 0 Å². The van der Waals surface area contributed by atoms with E-state index >= 15 is 0 Å². The normalized spacial score (nSPS) is 11.1. The minimum absolute atomic E-state index is 0.837. The fourth-order valence-electron chi connectivity index (χ4n) is 1.78. The minimum Gasteiger partial charge on any atom is -0.256 e. The smallest absolute Gasteiger partial charge is 0.0951 e. The standard InChI is InChI=1S/C15H11N3/c1-2-6-12(7-3-1)17-18-15-10-4-9-14-13(15)8-5-11-16-14/h1-11H. The van der Waals surface area contributed by atoms with Crippen LogP contribution in [-0.2, 0) is 0 Å². The number of azo groups is 1. The van der Waals surface area contributed by atoms with Crippen LogP contribution in [0, 0.1) is 0 Å². The van der Waals surface area contributed by atoms with Crippen molar-refractivity contribution >= 4 is 22.3 Å². The van der Waals surface area contributed by atoms with E-state index in [1.807, 2.05) is 60.7 Å². The third-order valence-electron chi connectivity index (χ3n) is 2.65. The first kappa shape index (κ1) is 10.6. The molecule has 0 aliphatic heterocycles. The van der Waals surface area contributed by atoms with Gasteiger partial charge in [0.25, 0.3) is 0 Å². The molecule has 0 aliphatic rings. The predicted molar refractivity (Wildman–Crippen MR) is 72.4 cm³/mol. The lowest BCUT2D eigenvalue weighted by molar-refractivity contribution is 1.24. The van der Waals surface area contributed by atoms with Gasteiger partial charge in [0.15, 0.2) is 0 Å². The first-order valence-corrected chi connectivity index (χ1v) is 5.74. The highest BCUT2D eigenvalue weighted by molar-refractivity contribution is 5.89. The lowest BCUT2D eigenvalue weighted by Crippen LogP contribution is -1.76. The zero-order chi connectivity index (χ0) is 12.2. The van der Waals surface area contributed by atoms with Crippen LogP contribution in [0.2, 0.25) is 0 Å². The highest BCUT2D eigenvalue weighted by Gasteiger charge is 1.99. The molecule has 0 saturated carbocycles. The average molecular weight is 233 g/mol. The molecule has 0 saturated heterocycles. The van der Waals surface area contributed by atoms with Crippen molar-refractivity contribution in [3.05, 3.63) is 66.9 Å². The molecule has 3 heteroatoms. The SMILES string of the molecule is c1ccc(N=Nc2cccc3ncccc23)cc1. The second kappa shape index (κ2) is 4.75. The zero-order valence-corrected chi connectivity index (χ0v) is 9.69. The molecule has 0 amide bonds. The van der Waals surface area contributed by atoms with Crippen LogP contribution in [0.1, 0.15) is 0 Å². The third-order valence-corrected chi connectivity index (χ3v) is 2.65. The maximum absolute atomic E-state index is 4.30. The molecule has 0 unspecified atom stereocenters. The van der Waals surface area contributed by atoms with Crippen LogP contribution < -0.4 is 0 Å². The number of fused-ring (bicyclic) bond motifs is 1. The van der Waals surface area contributed by atoms with E-state index < -0.39 is 0 Å². The molecule has 1 heterocycles. The second-order valence-corrected chi connectivity index (χ2v) is 3.88. The van der Waals surface area contributed by atoms with E-state index in [1.54, 1.807) is 6.20 Å². The quantitative estimate of drug-likeness (QED) is 0.593. The van der Waals surface area contributed by atoms with Crippen molar-refractivity contribution in [2.45, 2.75) is 0 Å². The molecule has 3 rings (SSSR count). The number of nitrogens with zero attached hydrogens (tertiary/aromatic N) is 3. The van der Waals surface area contributed by atoms with Gasteiger partial charge in [0.05, 0.1) is 16.9 Å². The Morgan fingerprint density at radius 1 is 0.722 bits per heavy atom. The topological polar surface area (TPSA) is 37.6 Å². The summed E-state index contributed by atoms with van der Waals surface area (Å²) in [5.41, 5.74) is 2.62. The Morgan fingerprint density at radius 2 is 1.61 bits per heavy atom. The van der Waals surface area contributed by atoms with Gasteiger partial charge in [-0.3, -0.25) is 4.98 Å². The minimum atomic E-state index is 0.837. The molecule has 0 fully saturated rings. The van der Waals surface area contributed by atoms with Crippen molar-refractivity contribution in [2.75, 3.05) is 0 Å². The summed E-state index contributed by atoms with van der Waals surface area (Å²) in [4.78, 5) is 4.30. The number of hydrogen-bond acceptors (Lipinski definition) is 3. The van der Waals surface area contributed by atoms with E-state index in [0.717, 1.165) is 22.3 Å². The van der Waals surface area contributed by atoms with Crippen LogP contribution in [0.25, 0.3) is 10.9 Å². The first-order valence-electron chi connectivity index (χ1n) is 5.74. The van der Waals surface area contributed by atoms with Crippen molar-refractivity contribution < 1.29 is 0 Å². The maximum Gasteiger partial charge on any atom is 0.0951 e. The number of pyridine rings is 1. The van der Waals surface area contributed by atoms with Gasteiger partial charge in [0.1, 0.15) is 0 Å². The Morgan fingerprint density at radius 3 is 2.50 bits per heavy atom. The van der Waals surface area contributed by atoms with E-state index in [2.05, 4.69) is 15.2 Å². The van der Waals surface area contributed by atoms with Gasteiger partial charge in [-0.15, -0.1) is 5.11 Å². The Hall–Kier alpha value is -2.55. The largest absolute Gasteiger partial charge is 0.256 e. The molecule has 0 radical (unpaired) electrons. The van der Waals surface area contributed by atoms with Gasteiger partial charge in [-0.2, -0.15) is 5.11 Å². The monoisotopic (exact) mass is 233 g/mol. The summed E-state index contributed by atoms with van der Waals surface area (Å²) < 4.78 is 0. The van der Waals surface area contributed by atoms with Crippen LogP contribution in [0.5, 0.6) is 0 Å². The molecule has 3 nitrogen and oxygen atoms in total. The average Bonchev–Trinajstić information content (AvgIpc) is 2.46. The van der Waals surface area contributed by atoms with E-state index in [9.17, 15) is 0 Å². The molecule has 1 aromatic heterocycles. The molecule has 0 atom stereocenters. The Bertz CT molecular complexity index is 685. The highest BCUT2D eigenvalue weighted by Crippen LogP contribution is 2.25. The fourth-order valence-corrected chi connectivity index (χ4v) is 1.78. The lowest BCUT2D eigenvalue weighted by atomic mass is 10.2. The summed E-state index contributed by atoms with van der Waals surface area (Å²) in [7, 11) is 0. The summed E-state index contributed by atoms with van der Waals surface area (Å²) in [5.74, 6) is 0. The molecule has 18 heavy (non-hydrogen) atoms. The van der Waals surface area contributed by atoms with Crippen molar-refractivity contribution in [1.29, 1.82) is 0 Å². The summed E-state index contributed by atoms with van der Waals surface area (Å²) in [6.45, 7) is 0. The zero-order valence-electron chi connectivity index (χ0n) is 9.69. The van der Waals surface area contributed by atoms with Crippen molar-refractivity contribution in [2.24, 2.45) is 10.2 Å². The highest BCUT2D eigenvalue weighted by atomic mass is 15.1. The van der Waals surface area contributed by atoms with E-state index in [-0.39, 0.29) is 0 Å². The number of aromatic nitrogens is 1. The number of hydrogen-bond donors (Lipinski definition) is 0. The molecule has 0 spiro atoms. The molecular weight excluding hydrogens is 222 g/mol. The molecular formula is C15H11N3. The molecule has 0 aliphatic carbocycles. The second-order valence-electron chi connectivity index (χ2n) is 3.88. The fraction of sp³-hybridized carbons (Fsp3) is 0. The molecule has 3 aromatic rings. The van der Waals surface area contributed by atoms with Crippen molar-refractivity contribution in [3.8, 4) is 0 Å². The molecule has 0 bridgehead atoms. The van der Waals surface area contributed by atoms with Crippen molar-refractivity contribution in [3.63, 3.8) is 0 Å². The molecule has 2 aromatic carbocycles. The third kappa shape index (κ3) is 2.11. The summed E-state index contributed by atoms with van der Waals surface area (Å²) in [6, 6.07) is 19.5. The Balaban J connectivity index is 2.03. The van der Waals surface area contributed by atoms with E-state index in [1.165, 1.54) is 0 Å². The Kier molecular flexibility index (Phi) is 2.80. The van der Waals surface area contributed by atoms with Crippen LogP contribution >= 0.6 is 0 Å². The van der Waals surface area contributed by atoms with Crippen LogP contribution in [0.3, 0.4) is 0 Å². The van der Waals surface area contributed by atoms with Gasteiger partial charge in [-0.25, -0.2) is 0 Å². The maximum atomic E-state index is 4.30. The Labute approximate surface area is 105 Å². The van der Waals surface area contributed by atoms with Gasteiger partial charge >= 0.3 is 0 Å². The van der Waals surface area contributed by atoms with Gasteiger partial charge in [-0.1, -0.05) is 24.3 Å².